The molecule has 0 radical (unpaired) electrons. The molecule has 3 aromatic rings. The van der Waals surface area contributed by atoms with Gasteiger partial charge in [0.15, 0.2) is 6.61 Å². The summed E-state index contributed by atoms with van der Waals surface area (Å²) in [5, 5.41) is 10.7. The third-order valence-electron chi connectivity index (χ3n) is 8.05. The zero-order chi connectivity index (χ0) is 33.6. The molecule has 2 atom stereocenters. The Hall–Kier alpha value is -4.26. The fourth-order valence-corrected chi connectivity index (χ4v) is 8.25. The van der Waals surface area contributed by atoms with Crippen LogP contribution < -0.4 is 20.4 Å². The number of benzene rings is 2. The van der Waals surface area contributed by atoms with Crippen LogP contribution in [0, 0.1) is 5.82 Å². The molecule has 3 heterocycles. The zero-order valence-corrected chi connectivity index (χ0v) is 26.9. The van der Waals surface area contributed by atoms with Gasteiger partial charge >= 0.3 is 16.3 Å². The van der Waals surface area contributed by atoms with E-state index in [1.807, 2.05) is 0 Å². The minimum atomic E-state index is -4.95. The summed E-state index contributed by atoms with van der Waals surface area (Å²) in [4.78, 5) is 53.1. The molecule has 18 heteroatoms. The van der Waals surface area contributed by atoms with Gasteiger partial charge < -0.3 is 29.5 Å². The number of carboxylic acids is 1. The Morgan fingerprint density at radius 3 is 2.38 bits per heavy atom. The number of carboxylic acid groups (broad SMARTS) is 1. The van der Waals surface area contributed by atoms with Crippen LogP contribution in [0.5, 0.6) is 5.75 Å². The number of thiocarbonyl (C=S) groups is 1. The third kappa shape index (κ3) is 6.63. The van der Waals surface area contributed by atoms with E-state index in [2.05, 4.69) is 5.32 Å². The summed E-state index contributed by atoms with van der Waals surface area (Å²) in [5.41, 5.74) is -0.502. The smallest absolute Gasteiger partial charge is 0.363 e. The number of anilines is 1. The maximum Gasteiger partial charge on any atom is 0.363 e. The van der Waals surface area contributed by atoms with Gasteiger partial charge in [-0.05, 0) is 37.1 Å². The monoisotopic (exact) mass is 705 g/mol. The molecule has 1 aliphatic carbocycles. The van der Waals surface area contributed by atoms with Gasteiger partial charge in [0.05, 0.1) is 11.2 Å². The topological polar surface area (TPSA) is 179 Å². The molecule has 2 saturated heterocycles. The van der Waals surface area contributed by atoms with Gasteiger partial charge in [0.1, 0.15) is 32.9 Å². The van der Waals surface area contributed by atoms with Gasteiger partial charge in [0.25, 0.3) is 11.8 Å². The van der Waals surface area contributed by atoms with E-state index in [4.69, 9.17) is 17.0 Å². The lowest BCUT2D eigenvalue weighted by atomic mass is 10.1. The van der Waals surface area contributed by atoms with E-state index >= 15 is 4.39 Å². The highest BCUT2D eigenvalue weighted by atomic mass is 32.2. The quantitative estimate of drug-likeness (QED) is 0.167. The van der Waals surface area contributed by atoms with Crippen LogP contribution >= 0.6 is 24.0 Å². The highest BCUT2D eigenvalue weighted by molar-refractivity contribution is 8.23. The molecule has 3 aliphatic rings. The number of hydrogen-bond acceptors (Lipinski definition) is 10. The van der Waals surface area contributed by atoms with E-state index < -0.39 is 62.9 Å². The molecule has 6 rings (SSSR count). The van der Waals surface area contributed by atoms with Crippen molar-refractivity contribution in [3.8, 4) is 5.75 Å². The van der Waals surface area contributed by atoms with Gasteiger partial charge in [-0.15, -0.1) is 0 Å². The molecule has 1 aromatic heterocycles. The maximum absolute atomic E-state index is 15.4. The lowest BCUT2D eigenvalue weighted by Crippen LogP contribution is -2.71. The first-order chi connectivity index (χ1) is 22.3. The van der Waals surface area contributed by atoms with E-state index in [0.29, 0.717) is 11.3 Å². The SMILES string of the molecule is O=C(COc1ccccc1)NC1C(=O)N(S(=O)(=O)O)C1SC(=S)N1CCN(c2cc3c(cc2F)c(=O)c(C(=O)O)cn3C2CC2)CC1. The molecule has 47 heavy (non-hydrogen) atoms. The van der Waals surface area contributed by atoms with Crippen LogP contribution in [0.25, 0.3) is 10.9 Å². The van der Waals surface area contributed by atoms with Crippen molar-refractivity contribution in [2.45, 2.75) is 30.3 Å². The number of fused-ring (bicyclic) bond motifs is 1. The lowest BCUT2D eigenvalue weighted by Gasteiger charge is -2.45. The van der Waals surface area contributed by atoms with Gasteiger partial charge in [0.2, 0.25) is 5.43 Å². The number of pyridine rings is 1. The fourth-order valence-electron chi connectivity index (χ4n) is 5.53. The number of thioether (sulfide) groups is 1. The maximum atomic E-state index is 15.4. The zero-order valence-electron chi connectivity index (χ0n) is 24.4. The number of β-lactam (4-membered cyclic amide) rings is 1. The van der Waals surface area contributed by atoms with Crippen LogP contribution in [-0.4, -0.2) is 98.2 Å². The number of nitrogens with one attached hydrogen (secondary N) is 1. The second-order valence-electron chi connectivity index (χ2n) is 11.1. The minimum Gasteiger partial charge on any atom is -0.484 e. The standard InChI is InChI=1S/C29H28FN5O9S3/c30-20-12-18-21(34(16-6-7-16)14-19(25(18)37)28(39)40)13-22(20)32-8-10-33(11-9-32)29(45)46-27-24(26(38)35(27)47(41,42)43)31-23(36)15-44-17-4-2-1-3-5-17/h1-5,12-14,16,24,27H,6-11,15H2,(H,31,36)(H,39,40)(H,41,42,43). The Bertz CT molecular complexity index is 1950. The number of aromatic nitrogens is 1. The normalized spacial score (nSPS) is 19.8. The first-order valence-electron chi connectivity index (χ1n) is 14.4. The van der Waals surface area contributed by atoms with Gasteiger partial charge in [-0.1, -0.05) is 42.2 Å². The van der Waals surface area contributed by atoms with Crippen molar-refractivity contribution in [2.24, 2.45) is 0 Å². The minimum absolute atomic E-state index is 0.0130. The number of rotatable bonds is 9. The number of amides is 2. The summed E-state index contributed by atoms with van der Waals surface area (Å²) >= 11 is 6.35. The first-order valence-corrected chi connectivity index (χ1v) is 17.1. The summed E-state index contributed by atoms with van der Waals surface area (Å²) in [6.45, 7) is 0.696. The highest BCUT2D eigenvalue weighted by Gasteiger charge is 2.55. The number of halogens is 1. The van der Waals surface area contributed by atoms with Crippen molar-refractivity contribution in [1.29, 1.82) is 0 Å². The average Bonchev–Trinajstić information content (AvgIpc) is 3.88. The van der Waals surface area contributed by atoms with Crippen LogP contribution in [0.3, 0.4) is 0 Å². The molecule has 3 fully saturated rings. The van der Waals surface area contributed by atoms with Gasteiger partial charge in [-0.3, -0.25) is 18.9 Å². The molecule has 0 bridgehead atoms. The number of nitrogens with zero attached hydrogens (tertiary/aromatic N) is 4. The van der Waals surface area contributed by atoms with E-state index in [-0.39, 0.29) is 51.9 Å². The molecule has 2 amide bonds. The largest absolute Gasteiger partial charge is 0.484 e. The molecular formula is C29H28FN5O9S3. The molecule has 0 spiro atoms. The van der Waals surface area contributed by atoms with Crippen molar-refractivity contribution in [1.82, 2.24) is 19.1 Å². The van der Waals surface area contributed by atoms with E-state index in [9.17, 15) is 37.3 Å². The van der Waals surface area contributed by atoms with Crippen LogP contribution in [0.1, 0.15) is 29.2 Å². The van der Waals surface area contributed by atoms with Crippen LogP contribution in [0.15, 0.2) is 53.5 Å². The number of ether oxygens (including phenoxy) is 1. The molecular weight excluding hydrogens is 678 g/mol. The Balaban J connectivity index is 1.13. The van der Waals surface area contributed by atoms with Crippen molar-refractivity contribution in [3.63, 3.8) is 0 Å². The number of carbonyl (C=O) groups is 3. The molecule has 2 unspecified atom stereocenters. The third-order valence-corrected chi connectivity index (χ3v) is 10.8. The number of para-hydroxylation sites is 1. The summed E-state index contributed by atoms with van der Waals surface area (Å²) < 4.78 is 56.5. The fraction of sp³-hybridized carbons (Fsp3) is 0.345. The van der Waals surface area contributed by atoms with Crippen molar-refractivity contribution >= 4 is 73.0 Å². The van der Waals surface area contributed by atoms with E-state index in [1.165, 1.54) is 6.20 Å². The lowest BCUT2D eigenvalue weighted by molar-refractivity contribution is -0.142. The average molecular weight is 706 g/mol. The van der Waals surface area contributed by atoms with E-state index in [1.54, 1.807) is 50.8 Å². The summed E-state index contributed by atoms with van der Waals surface area (Å²) in [7, 11) is -4.95. The van der Waals surface area contributed by atoms with Gasteiger partial charge in [0, 0.05) is 43.8 Å². The number of carbonyl (C=O) groups excluding carboxylic acids is 2. The summed E-state index contributed by atoms with van der Waals surface area (Å²) in [5.74, 6) is -3.36. The van der Waals surface area contributed by atoms with Gasteiger partial charge in [-0.2, -0.15) is 12.7 Å². The van der Waals surface area contributed by atoms with Crippen LogP contribution in [0.4, 0.5) is 10.1 Å². The Labute approximate surface area is 276 Å². The Morgan fingerprint density at radius 2 is 1.77 bits per heavy atom. The molecule has 2 aromatic carbocycles. The molecule has 248 valence electrons. The molecule has 14 nitrogen and oxygen atoms in total. The van der Waals surface area contributed by atoms with Crippen LogP contribution in [0.2, 0.25) is 0 Å². The Morgan fingerprint density at radius 1 is 1.09 bits per heavy atom. The molecule has 2 aliphatic heterocycles. The number of aromatic carboxylic acids is 1. The summed E-state index contributed by atoms with van der Waals surface area (Å²) in [6, 6.07) is 9.81. The molecule has 3 N–H and O–H groups in total. The predicted molar refractivity (Wildman–Crippen MR) is 173 cm³/mol. The van der Waals surface area contributed by atoms with Crippen molar-refractivity contribution in [3.05, 3.63) is 70.3 Å². The highest BCUT2D eigenvalue weighted by Crippen LogP contribution is 2.39. The Kier molecular flexibility index (Phi) is 8.86. The first kappa shape index (κ1) is 32.7. The van der Waals surface area contributed by atoms with Gasteiger partial charge in [-0.25, -0.2) is 9.18 Å². The van der Waals surface area contributed by atoms with Crippen LogP contribution in [-0.2, 0) is 19.9 Å². The second-order valence-corrected chi connectivity index (χ2v) is 14.2. The van der Waals surface area contributed by atoms with Crippen molar-refractivity contribution < 1.29 is 41.6 Å². The van der Waals surface area contributed by atoms with E-state index in [0.717, 1.165) is 30.7 Å². The number of hydrogen-bond donors (Lipinski definition) is 3. The second kappa shape index (κ2) is 12.7. The number of piperazine rings is 1. The summed E-state index contributed by atoms with van der Waals surface area (Å²) in [6.07, 6.45) is 2.93. The molecule has 1 saturated carbocycles. The predicted octanol–water partition coefficient (Wildman–Crippen LogP) is 1.85. The van der Waals surface area contributed by atoms with Crippen molar-refractivity contribution in [2.75, 3.05) is 37.7 Å².